The van der Waals surface area contributed by atoms with Crippen LogP contribution in [0.1, 0.15) is 38.3 Å². The van der Waals surface area contributed by atoms with Crippen molar-refractivity contribution in [1.29, 1.82) is 5.26 Å². The smallest absolute Gasteiger partial charge is 0.0991 e. The van der Waals surface area contributed by atoms with Crippen molar-refractivity contribution in [2.45, 2.75) is 39.8 Å². The van der Waals surface area contributed by atoms with Crippen LogP contribution in [0.25, 0.3) is 0 Å². The number of hydrogen-bond acceptors (Lipinski definition) is 2. The number of nitrogens with zero attached hydrogens (tertiary/aromatic N) is 1. The summed E-state index contributed by atoms with van der Waals surface area (Å²) >= 11 is 0. The van der Waals surface area contributed by atoms with E-state index in [9.17, 15) is 0 Å². The van der Waals surface area contributed by atoms with Gasteiger partial charge in [-0.1, -0.05) is 26.0 Å². The molecular weight excluding hydrogens is 196 g/mol. The highest BCUT2D eigenvalue weighted by Crippen LogP contribution is 2.06. The molecule has 1 rings (SSSR count). The Morgan fingerprint density at radius 2 is 1.81 bits per heavy atom. The average molecular weight is 216 g/mol. The van der Waals surface area contributed by atoms with Gasteiger partial charge in [-0.05, 0) is 37.0 Å². The summed E-state index contributed by atoms with van der Waals surface area (Å²) in [5.41, 5.74) is 1.95. The Morgan fingerprint density at radius 3 is 2.31 bits per heavy atom. The predicted molar refractivity (Wildman–Crippen MR) is 66.9 cm³/mol. The van der Waals surface area contributed by atoms with Crippen molar-refractivity contribution in [3.63, 3.8) is 0 Å². The normalized spacial score (nSPS) is 12.4. The number of benzene rings is 1. The van der Waals surface area contributed by atoms with Crippen LogP contribution in [0, 0.1) is 17.2 Å². The van der Waals surface area contributed by atoms with E-state index < -0.39 is 0 Å². The van der Waals surface area contributed by atoms with Crippen LogP contribution in [-0.4, -0.2) is 6.04 Å². The molecule has 86 valence electrons. The van der Waals surface area contributed by atoms with Crippen molar-refractivity contribution in [2.75, 3.05) is 0 Å². The standard InChI is InChI=1S/C14H20N2/c1-11(2)8-12(3)16-10-14-6-4-13(9-15)5-7-14/h4-7,11-12,16H,8,10H2,1-3H3. The highest BCUT2D eigenvalue weighted by molar-refractivity contribution is 5.31. The van der Waals surface area contributed by atoms with Crippen LogP contribution in [0.3, 0.4) is 0 Å². The average Bonchev–Trinajstić information content (AvgIpc) is 2.26. The first kappa shape index (κ1) is 12.7. The summed E-state index contributed by atoms with van der Waals surface area (Å²) in [6.07, 6.45) is 1.19. The van der Waals surface area contributed by atoms with Crippen molar-refractivity contribution >= 4 is 0 Å². The molecule has 0 fully saturated rings. The first-order valence-corrected chi connectivity index (χ1v) is 5.84. The Morgan fingerprint density at radius 1 is 1.19 bits per heavy atom. The summed E-state index contributed by atoms with van der Waals surface area (Å²) in [7, 11) is 0. The van der Waals surface area contributed by atoms with Crippen molar-refractivity contribution < 1.29 is 0 Å². The van der Waals surface area contributed by atoms with Gasteiger partial charge in [-0.2, -0.15) is 5.26 Å². The number of nitrogens with one attached hydrogen (secondary N) is 1. The minimum Gasteiger partial charge on any atom is -0.310 e. The molecule has 0 bridgehead atoms. The maximum atomic E-state index is 8.68. The van der Waals surface area contributed by atoms with Gasteiger partial charge in [0.05, 0.1) is 11.6 Å². The highest BCUT2D eigenvalue weighted by Gasteiger charge is 2.04. The number of hydrogen-bond donors (Lipinski definition) is 1. The lowest BCUT2D eigenvalue weighted by atomic mass is 10.0. The van der Waals surface area contributed by atoms with Crippen molar-refractivity contribution in [2.24, 2.45) is 5.92 Å². The second kappa shape index (κ2) is 6.30. The van der Waals surface area contributed by atoms with Gasteiger partial charge in [0.15, 0.2) is 0 Å². The van der Waals surface area contributed by atoms with Gasteiger partial charge in [-0.25, -0.2) is 0 Å². The van der Waals surface area contributed by atoms with Crippen LogP contribution in [0.4, 0.5) is 0 Å². The highest BCUT2D eigenvalue weighted by atomic mass is 14.9. The molecule has 0 radical (unpaired) electrons. The van der Waals surface area contributed by atoms with Crippen LogP contribution in [-0.2, 0) is 6.54 Å². The fourth-order valence-electron chi connectivity index (χ4n) is 1.78. The quantitative estimate of drug-likeness (QED) is 0.821. The summed E-state index contributed by atoms with van der Waals surface area (Å²) in [6, 6.07) is 10.4. The van der Waals surface area contributed by atoms with E-state index in [0.29, 0.717) is 6.04 Å². The van der Waals surface area contributed by atoms with Crippen molar-refractivity contribution in [3.05, 3.63) is 35.4 Å². The fraction of sp³-hybridized carbons (Fsp3) is 0.500. The monoisotopic (exact) mass is 216 g/mol. The van der Waals surface area contributed by atoms with E-state index in [1.807, 2.05) is 24.3 Å². The lowest BCUT2D eigenvalue weighted by Gasteiger charge is -2.15. The molecule has 1 unspecified atom stereocenters. The van der Waals surface area contributed by atoms with Gasteiger partial charge < -0.3 is 5.32 Å². The van der Waals surface area contributed by atoms with Crippen LogP contribution in [0.15, 0.2) is 24.3 Å². The largest absolute Gasteiger partial charge is 0.310 e. The van der Waals surface area contributed by atoms with E-state index in [4.69, 9.17) is 5.26 Å². The Labute approximate surface area is 98.3 Å². The van der Waals surface area contributed by atoms with E-state index in [0.717, 1.165) is 18.0 Å². The second-order valence-electron chi connectivity index (χ2n) is 4.72. The summed E-state index contributed by atoms with van der Waals surface area (Å²) in [5.74, 6) is 0.725. The molecule has 1 aromatic carbocycles. The van der Waals surface area contributed by atoms with Gasteiger partial charge in [-0.15, -0.1) is 0 Å². The van der Waals surface area contributed by atoms with Gasteiger partial charge in [0, 0.05) is 12.6 Å². The number of rotatable bonds is 5. The van der Waals surface area contributed by atoms with Gasteiger partial charge in [0.2, 0.25) is 0 Å². The molecule has 1 aromatic rings. The fourth-order valence-corrected chi connectivity index (χ4v) is 1.78. The second-order valence-corrected chi connectivity index (χ2v) is 4.72. The molecule has 0 aliphatic carbocycles. The van der Waals surface area contributed by atoms with Crippen LogP contribution < -0.4 is 5.32 Å². The molecule has 2 nitrogen and oxygen atoms in total. The van der Waals surface area contributed by atoms with E-state index in [1.165, 1.54) is 12.0 Å². The maximum Gasteiger partial charge on any atom is 0.0991 e. The van der Waals surface area contributed by atoms with Crippen LogP contribution in [0.2, 0.25) is 0 Å². The molecule has 0 aromatic heterocycles. The molecule has 1 atom stereocenters. The zero-order valence-electron chi connectivity index (χ0n) is 10.3. The van der Waals surface area contributed by atoms with Gasteiger partial charge in [0.25, 0.3) is 0 Å². The zero-order valence-corrected chi connectivity index (χ0v) is 10.3. The van der Waals surface area contributed by atoms with Gasteiger partial charge in [-0.3, -0.25) is 0 Å². The first-order chi connectivity index (χ1) is 7.61. The number of nitriles is 1. The van der Waals surface area contributed by atoms with E-state index in [1.54, 1.807) is 0 Å². The molecule has 0 saturated carbocycles. The van der Waals surface area contributed by atoms with E-state index in [-0.39, 0.29) is 0 Å². The molecule has 1 N–H and O–H groups in total. The molecular formula is C14H20N2. The predicted octanol–water partition coefficient (Wildman–Crippen LogP) is 3.08. The maximum absolute atomic E-state index is 8.68. The van der Waals surface area contributed by atoms with Crippen LogP contribution >= 0.6 is 0 Å². The lowest BCUT2D eigenvalue weighted by molar-refractivity contribution is 0.441. The molecule has 16 heavy (non-hydrogen) atoms. The summed E-state index contributed by atoms with van der Waals surface area (Å²) in [6.45, 7) is 7.56. The topological polar surface area (TPSA) is 35.8 Å². The van der Waals surface area contributed by atoms with Crippen molar-refractivity contribution in [1.82, 2.24) is 5.32 Å². The van der Waals surface area contributed by atoms with Crippen LogP contribution in [0.5, 0.6) is 0 Å². The zero-order chi connectivity index (χ0) is 12.0. The Kier molecular flexibility index (Phi) is 5.01. The summed E-state index contributed by atoms with van der Waals surface area (Å²) in [4.78, 5) is 0. The van der Waals surface area contributed by atoms with Crippen molar-refractivity contribution in [3.8, 4) is 6.07 Å². The molecule has 0 aliphatic heterocycles. The Hall–Kier alpha value is -1.33. The van der Waals surface area contributed by atoms with Gasteiger partial charge >= 0.3 is 0 Å². The Bertz CT molecular complexity index is 346. The molecule has 0 heterocycles. The first-order valence-electron chi connectivity index (χ1n) is 5.84. The van der Waals surface area contributed by atoms with Gasteiger partial charge in [0.1, 0.15) is 0 Å². The minimum absolute atomic E-state index is 0.538. The molecule has 0 saturated heterocycles. The van der Waals surface area contributed by atoms with E-state index in [2.05, 4.69) is 32.2 Å². The Balaban J connectivity index is 2.40. The summed E-state index contributed by atoms with van der Waals surface area (Å²) in [5, 5.41) is 12.2. The minimum atomic E-state index is 0.538. The molecule has 2 heteroatoms. The lowest BCUT2D eigenvalue weighted by Crippen LogP contribution is -2.26. The third kappa shape index (κ3) is 4.46. The molecule has 0 aliphatic rings. The third-order valence-electron chi connectivity index (χ3n) is 2.56. The SMILES string of the molecule is CC(C)CC(C)NCc1ccc(C#N)cc1. The molecule has 0 spiro atoms. The van der Waals surface area contributed by atoms with E-state index >= 15 is 0 Å². The third-order valence-corrected chi connectivity index (χ3v) is 2.56. The summed E-state index contributed by atoms with van der Waals surface area (Å²) < 4.78 is 0. The molecule has 0 amide bonds.